The number of hydrogen-bond donors (Lipinski definition) is 2. The number of carbonyl (C=O) groups excluding carboxylic acids is 1. The summed E-state index contributed by atoms with van der Waals surface area (Å²) < 4.78 is 0.0839. The summed E-state index contributed by atoms with van der Waals surface area (Å²) in [7, 11) is 0. The Morgan fingerprint density at radius 2 is 1.94 bits per heavy atom. The summed E-state index contributed by atoms with van der Waals surface area (Å²) in [5, 5.41) is 11.5. The lowest BCUT2D eigenvalue weighted by Gasteiger charge is -2.33. The summed E-state index contributed by atoms with van der Waals surface area (Å²) in [4.78, 5) is 22.0. The molecule has 0 radical (unpaired) electrons. The SMILES string of the molecule is CC(C)(C)SCC(=O)NC1CC(C(=O)O)C1. The van der Waals surface area contributed by atoms with Crippen LogP contribution in [0.3, 0.4) is 0 Å². The van der Waals surface area contributed by atoms with Gasteiger partial charge in [0.2, 0.25) is 5.91 Å². The highest BCUT2D eigenvalue weighted by Gasteiger charge is 2.35. The number of rotatable bonds is 4. The standard InChI is InChI=1S/C11H19NO3S/c1-11(2,3)16-6-9(13)12-8-4-7(5-8)10(14)15/h7-8H,4-6H2,1-3H3,(H,12,13)(H,14,15). The van der Waals surface area contributed by atoms with Crippen molar-refractivity contribution in [2.45, 2.75) is 44.4 Å². The van der Waals surface area contributed by atoms with Crippen molar-refractivity contribution in [1.82, 2.24) is 5.32 Å². The monoisotopic (exact) mass is 245 g/mol. The summed E-state index contributed by atoms with van der Waals surface area (Å²) in [5.74, 6) is -0.568. The molecule has 92 valence electrons. The van der Waals surface area contributed by atoms with E-state index in [2.05, 4.69) is 26.1 Å². The van der Waals surface area contributed by atoms with E-state index in [9.17, 15) is 9.59 Å². The molecule has 0 spiro atoms. The maximum Gasteiger partial charge on any atom is 0.306 e. The van der Waals surface area contributed by atoms with E-state index >= 15 is 0 Å². The molecule has 1 fully saturated rings. The predicted molar refractivity (Wildman–Crippen MR) is 64.5 cm³/mol. The summed E-state index contributed by atoms with van der Waals surface area (Å²) in [6.45, 7) is 6.19. The van der Waals surface area contributed by atoms with Crippen LogP contribution in [0.2, 0.25) is 0 Å². The second-order valence-electron chi connectivity index (χ2n) is 5.17. The molecule has 0 aliphatic heterocycles. The Kier molecular flexibility index (Phi) is 4.24. The van der Waals surface area contributed by atoms with Crippen molar-refractivity contribution in [3.8, 4) is 0 Å². The second kappa shape index (κ2) is 5.08. The van der Waals surface area contributed by atoms with E-state index in [1.165, 1.54) is 0 Å². The average Bonchev–Trinajstić information content (AvgIpc) is 2.05. The lowest BCUT2D eigenvalue weighted by atomic mass is 9.80. The van der Waals surface area contributed by atoms with Crippen molar-refractivity contribution in [2.24, 2.45) is 5.92 Å². The summed E-state index contributed by atoms with van der Waals surface area (Å²) in [5.41, 5.74) is 0. The van der Waals surface area contributed by atoms with Crippen molar-refractivity contribution in [2.75, 3.05) is 5.75 Å². The van der Waals surface area contributed by atoms with Crippen molar-refractivity contribution in [3.63, 3.8) is 0 Å². The molecule has 1 saturated carbocycles. The zero-order valence-electron chi connectivity index (χ0n) is 9.95. The van der Waals surface area contributed by atoms with E-state index in [0.717, 1.165) is 0 Å². The quantitative estimate of drug-likeness (QED) is 0.787. The maximum absolute atomic E-state index is 11.5. The van der Waals surface area contributed by atoms with Gasteiger partial charge in [-0.25, -0.2) is 0 Å². The van der Waals surface area contributed by atoms with E-state index in [-0.39, 0.29) is 22.6 Å². The molecule has 0 aromatic rings. The molecule has 0 atom stereocenters. The Bertz CT molecular complexity index is 279. The van der Waals surface area contributed by atoms with Crippen LogP contribution in [0, 0.1) is 5.92 Å². The third-order valence-electron chi connectivity index (χ3n) is 2.49. The normalized spacial score (nSPS) is 24.7. The third-order valence-corrected chi connectivity index (χ3v) is 3.76. The van der Waals surface area contributed by atoms with Gasteiger partial charge >= 0.3 is 5.97 Å². The first-order chi connectivity index (χ1) is 7.28. The summed E-state index contributed by atoms with van der Waals surface area (Å²) in [6, 6.07) is 0.0640. The van der Waals surface area contributed by atoms with Crippen molar-refractivity contribution in [1.29, 1.82) is 0 Å². The highest BCUT2D eigenvalue weighted by molar-refractivity contribution is 8.01. The Hall–Kier alpha value is -0.710. The fourth-order valence-corrected chi connectivity index (χ4v) is 2.14. The number of amides is 1. The molecule has 0 unspecified atom stereocenters. The van der Waals surface area contributed by atoms with Crippen molar-refractivity contribution >= 4 is 23.6 Å². The first-order valence-corrected chi connectivity index (χ1v) is 6.42. The van der Waals surface area contributed by atoms with Crippen LogP contribution in [0.15, 0.2) is 0 Å². The van der Waals surface area contributed by atoms with Crippen LogP contribution in [0.5, 0.6) is 0 Å². The van der Waals surface area contributed by atoms with Gasteiger partial charge in [0.15, 0.2) is 0 Å². The van der Waals surface area contributed by atoms with Gasteiger partial charge in [-0.15, -0.1) is 11.8 Å². The van der Waals surface area contributed by atoms with Crippen LogP contribution in [0.25, 0.3) is 0 Å². The number of carboxylic acid groups (broad SMARTS) is 1. The Morgan fingerprint density at radius 1 is 1.38 bits per heavy atom. The smallest absolute Gasteiger partial charge is 0.306 e. The van der Waals surface area contributed by atoms with Gasteiger partial charge in [0.25, 0.3) is 0 Å². The minimum Gasteiger partial charge on any atom is -0.481 e. The summed E-state index contributed by atoms with van der Waals surface area (Å²) in [6.07, 6.45) is 1.14. The van der Waals surface area contributed by atoms with Gasteiger partial charge in [0.05, 0.1) is 11.7 Å². The number of hydrogen-bond acceptors (Lipinski definition) is 3. The molecule has 0 aromatic carbocycles. The number of nitrogens with one attached hydrogen (secondary N) is 1. The molecule has 0 heterocycles. The molecular weight excluding hydrogens is 226 g/mol. The zero-order chi connectivity index (χ0) is 12.3. The minimum absolute atomic E-state index is 0.00811. The zero-order valence-corrected chi connectivity index (χ0v) is 10.8. The van der Waals surface area contributed by atoms with Crippen LogP contribution in [-0.4, -0.2) is 33.5 Å². The number of aliphatic carboxylic acids is 1. The number of carboxylic acids is 1. The molecule has 1 rings (SSSR count). The van der Waals surface area contributed by atoms with Crippen molar-refractivity contribution in [3.05, 3.63) is 0 Å². The topological polar surface area (TPSA) is 66.4 Å². The fourth-order valence-electron chi connectivity index (χ4n) is 1.49. The molecule has 0 aromatic heterocycles. The van der Waals surface area contributed by atoms with E-state index in [1.54, 1.807) is 11.8 Å². The average molecular weight is 245 g/mol. The first kappa shape index (κ1) is 13.4. The molecule has 5 heteroatoms. The highest BCUT2D eigenvalue weighted by atomic mass is 32.2. The fraction of sp³-hybridized carbons (Fsp3) is 0.818. The van der Waals surface area contributed by atoms with Crippen LogP contribution < -0.4 is 5.32 Å². The third kappa shape index (κ3) is 4.43. The Morgan fingerprint density at radius 3 is 2.38 bits per heavy atom. The van der Waals surface area contributed by atoms with Gasteiger partial charge in [-0.05, 0) is 12.8 Å². The molecule has 1 amide bonds. The lowest BCUT2D eigenvalue weighted by molar-refractivity contribution is -0.146. The Balaban J connectivity index is 2.15. The number of thioether (sulfide) groups is 1. The van der Waals surface area contributed by atoms with E-state index in [0.29, 0.717) is 18.6 Å². The van der Waals surface area contributed by atoms with Gasteiger partial charge in [-0.1, -0.05) is 20.8 Å². The van der Waals surface area contributed by atoms with Gasteiger partial charge in [-0.2, -0.15) is 0 Å². The Labute approximate surface area is 100 Å². The highest BCUT2D eigenvalue weighted by Crippen LogP contribution is 2.28. The van der Waals surface area contributed by atoms with E-state index in [4.69, 9.17) is 5.11 Å². The van der Waals surface area contributed by atoms with Gasteiger partial charge in [0.1, 0.15) is 0 Å². The van der Waals surface area contributed by atoms with Gasteiger partial charge in [0, 0.05) is 10.8 Å². The largest absolute Gasteiger partial charge is 0.481 e. The van der Waals surface area contributed by atoms with E-state index < -0.39 is 5.97 Å². The molecular formula is C11H19NO3S. The summed E-state index contributed by atoms with van der Waals surface area (Å²) >= 11 is 1.60. The van der Waals surface area contributed by atoms with E-state index in [1.807, 2.05) is 0 Å². The van der Waals surface area contributed by atoms with Crippen LogP contribution in [0.4, 0.5) is 0 Å². The second-order valence-corrected chi connectivity index (χ2v) is 6.97. The number of carbonyl (C=O) groups is 2. The molecule has 1 aliphatic rings. The first-order valence-electron chi connectivity index (χ1n) is 5.44. The van der Waals surface area contributed by atoms with Crippen LogP contribution in [0.1, 0.15) is 33.6 Å². The maximum atomic E-state index is 11.5. The van der Waals surface area contributed by atoms with Gasteiger partial charge < -0.3 is 10.4 Å². The van der Waals surface area contributed by atoms with Crippen LogP contribution >= 0.6 is 11.8 Å². The molecule has 0 bridgehead atoms. The molecule has 16 heavy (non-hydrogen) atoms. The van der Waals surface area contributed by atoms with Gasteiger partial charge in [-0.3, -0.25) is 9.59 Å². The molecule has 0 saturated heterocycles. The molecule has 2 N–H and O–H groups in total. The molecule has 1 aliphatic carbocycles. The van der Waals surface area contributed by atoms with Crippen LogP contribution in [-0.2, 0) is 9.59 Å². The minimum atomic E-state index is -0.755. The molecule has 4 nitrogen and oxygen atoms in total. The van der Waals surface area contributed by atoms with Crippen molar-refractivity contribution < 1.29 is 14.7 Å². The lowest BCUT2D eigenvalue weighted by Crippen LogP contribution is -2.47. The predicted octanol–water partition coefficient (Wildman–Crippen LogP) is 1.50.